The van der Waals surface area contributed by atoms with Crippen LogP contribution in [0.2, 0.25) is 0 Å². The third-order valence-electron chi connectivity index (χ3n) is 4.29. The molecule has 30 heavy (non-hydrogen) atoms. The van der Waals surface area contributed by atoms with Crippen molar-refractivity contribution in [2.45, 2.75) is 0 Å². The van der Waals surface area contributed by atoms with Gasteiger partial charge in [-0.2, -0.15) is 10.1 Å². The number of fused-ring (bicyclic) bond motifs is 1. The predicted molar refractivity (Wildman–Crippen MR) is 112 cm³/mol. The molecule has 148 valence electrons. The monoisotopic (exact) mass is 399 g/mol. The Morgan fingerprint density at radius 1 is 0.767 bits per heavy atom. The zero-order chi connectivity index (χ0) is 20.2. The van der Waals surface area contributed by atoms with E-state index in [0.29, 0.717) is 17.5 Å². The molecule has 3 aromatic carbocycles. The third-order valence-corrected chi connectivity index (χ3v) is 4.29. The molecule has 1 aliphatic heterocycles. The highest BCUT2D eigenvalue weighted by atomic mass is 16.7. The van der Waals surface area contributed by atoms with E-state index < -0.39 is 0 Å². The van der Waals surface area contributed by atoms with E-state index in [4.69, 9.17) is 14.2 Å². The second-order valence-corrected chi connectivity index (χ2v) is 6.42. The maximum absolute atomic E-state index is 5.80. The standard InChI is InChI=1S/C22H17N5O3/c1-2-4-17(5-3-1)30-18-9-6-15(7-10-18)25-22-26-21(13-23-27-22)24-16-8-11-19-20(12-16)29-14-28-19/h1-13H,14H2,(H2,24,25,26,27). The molecule has 0 spiro atoms. The van der Waals surface area contributed by atoms with Crippen LogP contribution >= 0.6 is 0 Å². The molecule has 1 aliphatic rings. The molecule has 2 N–H and O–H groups in total. The van der Waals surface area contributed by atoms with Crippen molar-refractivity contribution in [1.82, 2.24) is 15.2 Å². The largest absolute Gasteiger partial charge is 0.457 e. The molecule has 5 rings (SSSR count). The van der Waals surface area contributed by atoms with Gasteiger partial charge in [0.25, 0.3) is 0 Å². The fourth-order valence-electron chi connectivity index (χ4n) is 2.90. The van der Waals surface area contributed by atoms with Crippen molar-refractivity contribution in [3.05, 3.63) is 79.0 Å². The molecular weight excluding hydrogens is 382 g/mol. The minimum Gasteiger partial charge on any atom is -0.457 e. The highest BCUT2D eigenvalue weighted by Gasteiger charge is 2.13. The van der Waals surface area contributed by atoms with Crippen LogP contribution in [0.3, 0.4) is 0 Å². The minimum absolute atomic E-state index is 0.233. The zero-order valence-electron chi connectivity index (χ0n) is 15.8. The van der Waals surface area contributed by atoms with Crippen LogP contribution in [-0.2, 0) is 0 Å². The molecule has 0 unspecified atom stereocenters. The molecule has 0 amide bonds. The number of hydrogen-bond donors (Lipinski definition) is 2. The minimum atomic E-state index is 0.233. The molecule has 8 nitrogen and oxygen atoms in total. The van der Waals surface area contributed by atoms with Gasteiger partial charge in [-0.15, -0.1) is 5.10 Å². The fourth-order valence-corrected chi connectivity index (χ4v) is 2.90. The zero-order valence-corrected chi connectivity index (χ0v) is 15.8. The van der Waals surface area contributed by atoms with Gasteiger partial charge in [-0.25, -0.2) is 0 Å². The van der Waals surface area contributed by atoms with Gasteiger partial charge in [0.2, 0.25) is 12.7 Å². The second-order valence-electron chi connectivity index (χ2n) is 6.42. The highest BCUT2D eigenvalue weighted by Crippen LogP contribution is 2.35. The SMILES string of the molecule is c1ccc(Oc2ccc(Nc3nncc(Nc4ccc5c(c4)OCO5)n3)cc2)cc1. The number of hydrogen-bond acceptors (Lipinski definition) is 8. The lowest BCUT2D eigenvalue weighted by molar-refractivity contribution is 0.174. The Balaban J connectivity index is 1.25. The van der Waals surface area contributed by atoms with E-state index in [2.05, 4.69) is 25.8 Å². The number of aromatic nitrogens is 3. The fraction of sp³-hybridized carbons (Fsp3) is 0.0455. The van der Waals surface area contributed by atoms with E-state index in [-0.39, 0.29) is 6.79 Å². The molecule has 1 aromatic heterocycles. The van der Waals surface area contributed by atoms with Crippen LogP contribution in [0, 0.1) is 0 Å². The van der Waals surface area contributed by atoms with Crippen molar-refractivity contribution in [3.63, 3.8) is 0 Å². The maximum atomic E-state index is 5.80. The molecule has 0 fully saturated rings. The Hall–Kier alpha value is -4.33. The van der Waals surface area contributed by atoms with Crippen LogP contribution in [0.25, 0.3) is 0 Å². The van der Waals surface area contributed by atoms with Gasteiger partial charge in [-0.05, 0) is 48.5 Å². The molecule has 4 aromatic rings. The topological polar surface area (TPSA) is 90.4 Å². The number of benzene rings is 3. The number of anilines is 4. The first kappa shape index (κ1) is 17.7. The average molecular weight is 399 g/mol. The molecule has 0 aliphatic carbocycles. The van der Waals surface area contributed by atoms with Gasteiger partial charge in [-0.1, -0.05) is 18.2 Å². The Morgan fingerprint density at radius 3 is 2.40 bits per heavy atom. The highest BCUT2D eigenvalue weighted by molar-refractivity contribution is 5.63. The molecular formula is C22H17N5O3. The molecule has 2 heterocycles. The van der Waals surface area contributed by atoms with E-state index in [1.807, 2.05) is 72.8 Å². The number of nitrogens with zero attached hydrogens (tertiary/aromatic N) is 3. The van der Waals surface area contributed by atoms with Crippen LogP contribution < -0.4 is 24.8 Å². The molecule has 0 atom stereocenters. The molecule has 8 heteroatoms. The lowest BCUT2D eigenvalue weighted by Crippen LogP contribution is -2.02. The lowest BCUT2D eigenvalue weighted by atomic mass is 10.3. The van der Waals surface area contributed by atoms with Gasteiger partial charge in [-0.3, -0.25) is 0 Å². The Labute approximate surface area is 172 Å². The third kappa shape index (κ3) is 4.07. The van der Waals surface area contributed by atoms with Gasteiger partial charge in [0.1, 0.15) is 11.5 Å². The van der Waals surface area contributed by atoms with Crippen molar-refractivity contribution in [1.29, 1.82) is 0 Å². The van der Waals surface area contributed by atoms with Crippen LogP contribution in [0.15, 0.2) is 79.0 Å². The average Bonchev–Trinajstić information content (AvgIpc) is 3.24. The Morgan fingerprint density at radius 2 is 1.53 bits per heavy atom. The summed E-state index contributed by atoms with van der Waals surface area (Å²) in [7, 11) is 0. The summed E-state index contributed by atoms with van der Waals surface area (Å²) in [6.45, 7) is 0.233. The van der Waals surface area contributed by atoms with Crippen molar-refractivity contribution in [2.24, 2.45) is 0 Å². The summed E-state index contributed by atoms with van der Waals surface area (Å²) in [5, 5.41) is 14.4. The van der Waals surface area contributed by atoms with E-state index in [1.165, 1.54) is 0 Å². The van der Waals surface area contributed by atoms with Crippen molar-refractivity contribution >= 4 is 23.1 Å². The summed E-state index contributed by atoms with van der Waals surface area (Å²) >= 11 is 0. The van der Waals surface area contributed by atoms with E-state index in [0.717, 1.165) is 28.6 Å². The van der Waals surface area contributed by atoms with Gasteiger partial charge < -0.3 is 24.8 Å². The Bertz CT molecular complexity index is 1150. The smallest absolute Gasteiger partial charge is 0.249 e. The molecule has 0 saturated carbocycles. The van der Waals surface area contributed by atoms with Gasteiger partial charge >= 0.3 is 0 Å². The van der Waals surface area contributed by atoms with Gasteiger partial charge in [0.15, 0.2) is 17.3 Å². The van der Waals surface area contributed by atoms with Gasteiger partial charge in [0, 0.05) is 17.4 Å². The number of ether oxygens (including phenoxy) is 3. The molecule has 0 bridgehead atoms. The summed E-state index contributed by atoms with van der Waals surface area (Å²) < 4.78 is 16.5. The van der Waals surface area contributed by atoms with Crippen LogP contribution in [0.5, 0.6) is 23.0 Å². The number of rotatable bonds is 6. The second kappa shape index (κ2) is 7.96. The van der Waals surface area contributed by atoms with E-state index >= 15 is 0 Å². The van der Waals surface area contributed by atoms with E-state index in [9.17, 15) is 0 Å². The lowest BCUT2D eigenvalue weighted by Gasteiger charge is -2.09. The van der Waals surface area contributed by atoms with Crippen LogP contribution in [0.4, 0.5) is 23.1 Å². The number of nitrogens with one attached hydrogen (secondary N) is 2. The van der Waals surface area contributed by atoms with Crippen molar-refractivity contribution < 1.29 is 14.2 Å². The quantitative estimate of drug-likeness (QED) is 0.474. The summed E-state index contributed by atoms with van der Waals surface area (Å²) in [5.41, 5.74) is 1.63. The number of para-hydroxylation sites is 1. The first-order chi connectivity index (χ1) is 14.8. The molecule has 0 radical (unpaired) electrons. The summed E-state index contributed by atoms with van der Waals surface area (Å²) in [6.07, 6.45) is 1.55. The van der Waals surface area contributed by atoms with Crippen LogP contribution in [0.1, 0.15) is 0 Å². The summed E-state index contributed by atoms with van der Waals surface area (Å²) in [6, 6.07) is 22.7. The van der Waals surface area contributed by atoms with Crippen LogP contribution in [-0.4, -0.2) is 22.0 Å². The first-order valence-corrected chi connectivity index (χ1v) is 9.28. The van der Waals surface area contributed by atoms with E-state index in [1.54, 1.807) is 6.20 Å². The Kier molecular flexibility index (Phi) is 4.71. The molecule has 0 saturated heterocycles. The van der Waals surface area contributed by atoms with Crippen molar-refractivity contribution in [2.75, 3.05) is 17.4 Å². The van der Waals surface area contributed by atoms with Gasteiger partial charge in [0.05, 0.1) is 6.20 Å². The predicted octanol–water partition coefficient (Wildman–Crippen LogP) is 4.88. The normalized spacial score (nSPS) is 11.7. The summed E-state index contributed by atoms with van der Waals surface area (Å²) in [4.78, 5) is 4.45. The maximum Gasteiger partial charge on any atom is 0.249 e. The first-order valence-electron chi connectivity index (χ1n) is 9.28. The van der Waals surface area contributed by atoms with Crippen molar-refractivity contribution in [3.8, 4) is 23.0 Å². The summed E-state index contributed by atoms with van der Waals surface area (Å²) in [5.74, 6) is 3.87.